The van der Waals surface area contributed by atoms with Crippen LogP contribution in [0.5, 0.6) is 0 Å². The van der Waals surface area contributed by atoms with Gasteiger partial charge in [0.25, 0.3) is 0 Å². The van der Waals surface area contributed by atoms with E-state index in [1.54, 1.807) is 11.5 Å². The lowest BCUT2D eigenvalue weighted by Gasteiger charge is -2.06. The van der Waals surface area contributed by atoms with Crippen LogP contribution in [0.4, 0.5) is 0 Å². The van der Waals surface area contributed by atoms with Gasteiger partial charge in [-0.15, -0.1) is 0 Å². The Hall–Kier alpha value is -2.63. The van der Waals surface area contributed by atoms with E-state index in [1.807, 2.05) is 35.9 Å². The number of benzene rings is 1. The molecule has 0 saturated carbocycles. The fourth-order valence-electron chi connectivity index (χ4n) is 2.54. The maximum Gasteiger partial charge on any atom is 0.354 e. The third-order valence-corrected chi connectivity index (χ3v) is 3.62. The predicted molar refractivity (Wildman–Crippen MR) is 78.4 cm³/mol. The summed E-state index contributed by atoms with van der Waals surface area (Å²) < 4.78 is 3.61. The van der Waals surface area contributed by atoms with Crippen LogP contribution in [0.15, 0.2) is 30.5 Å². The highest BCUT2D eigenvalue weighted by Crippen LogP contribution is 2.20. The highest BCUT2D eigenvalue weighted by atomic mass is 16.4. The van der Waals surface area contributed by atoms with Crippen LogP contribution < -0.4 is 0 Å². The molecular weight excluding hydrogens is 268 g/mol. The quantitative estimate of drug-likeness (QED) is 0.798. The molecular formula is C15H16N4O2. The number of carboxylic acids is 1. The van der Waals surface area contributed by atoms with Crippen LogP contribution in [-0.4, -0.2) is 30.4 Å². The molecule has 6 heteroatoms. The molecule has 0 spiro atoms. The number of hydrogen-bond donors (Lipinski definition) is 1. The van der Waals surface area contributed by atoms with Gasteiger partial charge in [-0.1, -0.05) is 18.2 Å². The van der Waals surface area contributed by atoms with Crippen LogP contribution in [0.2, 0.25) is 0 Å². The van der Waals surface area contributed by atoms with E-state index in [2.05, 4.69) is 10.1 Å². The van der Waals surface area contributed by atoms with Gasteiger partial charge in [-0.3, -0.25) is 4.68 Å². The monoisotopic (exact) mass is 284 g/mol. The molecule has 0 aliphatic heterocycles. The first-order valence-electron chi connectivity index (χ1n) is 6.81. The summed E-state index contributed by atoms with van der Waals surface area (Å²) in [6, 6.07) is 7.97. The van der Waals surface area contributed by atoms with Crippen molar-refractivity contribution in [1.82, 2.24) is 19.3 Å². The number of fused-ring (bicyclic) bond motifs is 1. The molecule has 3 rings (SSSR count). The van der Waals surface area contributed by atoms with E-state index in [9.17, 15) is 9.90 Å². The van der Waals surface area contributed by atoms with Gasteiger partial charge in [0.15, 0.2) is 0 Å². The lowest BCUT2D eigenvalue weighted by Crippen LogP contribution is -2.11. The fraction of sp³-hybridized carbons (Fsp3) is 0.267. The molecule has 1 aromatic carbocycles. The third kappa shape index (κ3) is 2.18. The van der Waals surface area contributed by atoms with Crippen LogP contribution in [-0.2, 0) is 13.1 Å². The summed E-state index contributed by atoms with van der Waals surface area (Å²) in [5.74, 6) is -0.308. The number of nitrogens with zero attached hydrogens (tertiary/aromatic N) is 4. The van der Waals surface area contributed by atoms with E-state index in [4.69, 9.17) is 0 Å². The highest BCUT2D eigenvalue weighted by Gasteiger charge is 2.16. The number of aromatic carboxylic acids is 1. The summed E-state index contributed by atoms with van der Waals surface area (Å²) in [7, 11) is 0. The Morgan fingerprint density at radius 3 is 2.81 bits per heavy atom. The van der Waals surface area contributed by atoms with Crippen LogP contribution >= 0.6 is 0 Å². The number of imidazole rings is 1. The largest absolute Gasteiger partial charge is 0.477 e. The molecule has 0 unspecified atom stereocenters. The molecule has 2 heterocycles. The van der Waals surface area contributed by atoms with Crippen molar-refractivity contribution in [2.75, 3.05) is 0 Å². The second-order valence-corrected chi connectivity index (χ2v) is 4.86. The van der Waals surface area contributed by atoms with Gasteiger partial charge in [0, 0.05) is 11.9 Å². The van der Waals surface area contributed by atoms with Gasteiger partial charge in [-0.2, -0.15) is 5.10 Å². The van der Waals surface area contributed by atoms with Crippen molar-refractivity contribution in [3.05, 3.63) is 47.7 Å². The minimum absolute atomic E-state index is 0.183. The molecule has 0 bridgehead atoms. The summed E-state index contributed by atoms with van der Waals surface area (Å²) in [6.45, 7) is 5.01. The first kappa shape index (κ1) is 13.4. The molecule has 0 saturated heterocycles. The highest BCUT2D eigenvalue weighted by molar-refractivity contribution is 5.86. The minimum Gasteiger partial charge on any atom is -0.477 e. The molecule has 0 amide bonds. The Bertz CT molecular complexity index is 816. The van der Waals surface area contributed by atoms with Gasteiger partial charge in [0.1, 0.15) is 11.5 Å². The summed E-state index contributed by atoms with van der Waals surface area (Å²) in [5, 5.41) is 14.9. The third-order valence-electron chi connectivity index (χ3n) is 3.62. The minimum atomic E-state index is -0.977. The Morgan fingerprint density at radius 2 is 2.10 bits per heavy atom. The van der Waals surface area contributed by atoms with Crippen molar-refractivity contribution < 1.29 is 9.90 Å². The average molecular weight is 284 g/mol. The van der Waals surface area contributed by atoms with E-state index < -0.39 is 5.97 Å². The molecule has 1 N–H and O–H groups in total. The lowest BCUT2D eigenvalue weighted by atomic mass is 10.2. The van der Waals surface area contributed by atoms with Gasteiger partial charge < -0.3 is 9.67 Å². The van der Waals surface area contributed by atoms with Crippen molar-refractivity contribution in [2.45, 2.75) is 26.9 Å². The molecule has 21 heavy (non-hydrogen) atoms. The Balaban J connectivity index is 2.11. The number of hydrogen-bond acceptors (Lipinski definition) is 3. The summed E-state index contributed by atoms with van der Waals surface area (Å²) in [5.41, 5.74) is 2.10. The van der Waals surface area contributed by atoms with Gasteiger partial charge in [0.05, 0.1) is 24.0 Å². The van der Waals surface area contributed by atoms with Crippen molar-refractivity contribution in [3.63, 3.8) is 0 Å². The normalized spacial score (nSPS) is 11.1. The molecule has 0 atom stereocenters. The van der Waals surface area contributed by atoms with Gasteiger partial charge in [0.2, 0.25) is 0 Å². The number of rotatable bonds is 4. The number of aryl methyl sites for hydroxylation is 2. The summed E-state index contributed by atoms with van der Waals surface area (Å²) in [6.07, 6.45) is 1.39. The van der Waals surface area contributed by atoms with Crippen LogP contribution in [0.1, 0.15) is 28.9 Å². The first-order chi connectivity index (χ1) is 10.1. The number of aromatic nitrogens is 4. The van der Waals surface area contributed by atoms with Crippen molar-refractivity contribution in [2.24, 2.45) is 0 Å². The molecule has 3 aromatic rings. The van der Waals surface area contributed by atoms with E-state index in [0.29, 0.717) is 12.4 Å². The van der Waals surface area contributed by atoms with Gasteiger partial charge >= 0.3 is 5.97 Å². The molecule has 108 valence electrons. The zero-order valence-electron chi connectivity index (χ0n) is 11.9. The van der Waals surface area contributed by atoms with Crippen LogP contribution in [0.3, 0.4) is 0 Å². The second-order valence-electron chi connectivity index (χ2n) is 4.86. The molecule has 6 nitrogen and oxygen atoms in total. The number of carboxylic acid groups (broad SMARTS) is 1. The fourth-order valence-corrected chi connectivity index (χ4v) is 2.54. The SMILES string of the molecule is CCn1nc(Cn2c(C(=O)O)cnc2C)c2ccccc21. The molecule has 0 aliphatic carbocycles. The topological polar surface area (TPSA) is 72.9 Å². The van der Waals surface area contributed by atoms with E-state index in [0.717, 1.165) is 23.1 Å². The molecule has 0 radical (unpaired) electrons. The second kappa shape index (κ2) is 5.05. The number of para-hydroxylation sites is 1. The predicted octanol–water partition coefficient (Wildman–Crippen LogP) is 2.31. The summed E-state index contributed by atoms with van der Waals surface area (Å²) >= 11 is 0. The van der Waals surface area contributed by atoms with Crippen LogP contribution in [0, 0.1) is 6.92 Å². The smallest absolute Gasteiger partial charge is 0.354 e. The maximum atomic E-state index is 11.3. The van der Waals surface area contributed by atoms with Crippen molar-refractivity contribution in [1.29, 1.82) is 0 Å². The van der Waals surface area contributed by atoms with Crippen LogP contribution in [0.25, 0.3) is 10.9 Å². The Kier molecular flexibility index (Phi) is 3.21. The first-order valence-corrected chi connectivity index (χ1v) is 6.81. The zero-order chi connectivity index (χ0) is 15.0. The van der Waals surface area contributed by atoms with Gasteiger partial charge in [-0.05, 0) is 19.9 Å². The Labute approximate surface area is 121 Å². The van der Waals surface area contributed by atoms with Crippen molar-refractivity contribution in [3.8, 4) is 0 Å². The van der Waals surface area contributed by atoms with E-state index >= 15 is 0 Å². The summed E-state index contributed by atoms with van der Waals surface area (Å²) in [4.78, 5) is 15.4. The molecule has 0 aliphatic rings. The standard InChI is InChI=1S/C15H16N4O2/c1-3-19-13-7-5-4-6-11(13)12(17-19)9-18-10(2)16-8-14(18)15(20)21/h4-8H,3,9H2,1-2H3,(H,20,21). The van der Waals surface area contributed by atoms with E-state index in [-0.39, 0.29) is 5.69 Å². The van der Waals surface area contributed by atoms with Gasteiger partial charge in [-0.25, -0.2) is 9.78 Å². The van der Waals surface area contributed by atoms with Crippen molar-refractivity contribution >= 4 is 16.9 Å². The maximum absolute atomic E-state index is 11.3. The number of carbonyl (C=O) groups is 1. The molecule has 0 fully saturated rings. The zero-order valence-corrected chi connectivity index (χ0v) is 11.9. The Morgan fingerprint density at radius 1 is 1.33 bits per heavy atom. The lowest BCUT2D eigenvalue weighted by molar-refractivity contribution is 0.0685. The van der Waals surface area contributed by atoms with E-state index in [1.165, 1.54) is 6.20 Å². The average Bonchev–Trinajstić information content (AvgIpc) is 3.02. The molecule has 2 aromatic heterocycles.